The molecule has 0 aromatic heterocycles. The number of benzene rings is 2. The van der Waals surface area contributed by atoms with Crippen LogP contribution in [0.1, 0.15) is 17.3 Å². The normalized spacial score (nSPS) is 16.2. The largest absolute Gasteiger partial charge is 0.336 e. The number of anilines is 1. The van der Waals surface area contributed by atoms with E-state index in [9.17, 15) is 9.59 Å². The van der Waals surface area contributed by atoms with E-state index >= 15 is 0 Å². The SMILES string of the molecule is CC(C(=O)Nc1ccc(Cl)cc1)N1CCN(C(=O)c2ccccc2)CC1. The topological polar surface area (TPSA) is 52.7 Å². The highest BCUT2D eigenvalue weighted by atomic mass is 35.5. The number of hydrogen-bond acceptors (Lipinski definition) is 3. The molecule has 1 fully saturated rings. The molecule has 1 aliphatic heterocycles. The van der Waals surface area contributed by atoms with Gasteiger partial charge in [0.15, 0.2) is 0 Å². The molecule has 0 saturated carbocycles. The van der Waals surface area contributed by atoms with Gasteiger partial charge in [-0.2, -0.15) is 0 Å². The van der Waals surface area contributed by atoms with Gasteiger partial charge in [-0.25, -0.2) is 0 Å². The third kappa shape index (κ3) is 4.42. The summed E-state index contributed by atoms with van der Waals surface area (Å²) in [6, 6.07) is 16.1. The van der Waals surface area contributed by atoms with Gasteiger partial charge in [0.05, 0.1) is 6.04 Å². The van der Waals surface area contributed by atoms with Gasteiger partial charge in [0.1, 0.15) is 0 Å². The van der Waals surface area contributed by atoms with Crippen LogP contribution in [0.4, 0.5) is 5.69 Å². The van der Waals surface area contributed by atoms with Crippen LogP contribution in [0.3, 0.4) is 0 Å². The third-order valence-electron chi connectivity index (χ3n) is 4.66. The van der Waals surface area contributed by atoms with Crippen molar-refractivity contribution in [3.05, 3.63) is 65.2 Å². The molecule has 136 valence electrons. The first-order chi connectivity index (χ1) is 12.5. The van der Waals surface area contributed by atoms with Crippen molar-refractivity contribution in [2.24, 2.45) is 0 Å². The number of piperazine rings is 1. The zero-order valence-corrected chi connectivity index (χ0v) is 15.4. The van der Waals surface area contributed by atoms with Crippen LogP contribution < -0.4 is 5.32 Å². The Kier molecular flexibility index (Phi) is 5.91. The van der Waals surface area contributed by atoms with Gasteiger partial charge in [-0.3, -0.25) is 14.5 Å². The van der Waals surface area contributed by atoms with Crippen LogP contribution in [-0.2, 0) is 4.79 Å². The average Bonchev–Trinajstić information content (AvgIpc) is 2.69. The molecule has 5 nitrogen and oxygen atoms in total. The molecular formula is C20H22ClN3O2. The molecule has 0 aliphatic carbocycles. The molecule has 2 amide bonds. The second-order valence-electron chi connectivity index (χ2n) is 6.37. The third-order valence-corrected chi connectivity index (χ3v) is 4.91. The molecule has 3 rings (SSSR count). The molecule has 1 aliphatic rings. The van der Waals surface area contributed by atoms with Crippen molar-refractivity contribution in [1.82, 2.24) is 9.80 Å². The fourth-order valence-corrected chi connectivity index (χ4v) is 3.15. The summed E-state index contributed by atoms with van der Waals surface area (Å²) in [6.45, 7) is 4.47. The highest BCUT2D eigenvalue weighted by molar-refractivity contribution is 6.30. The molecule has 1 heterocycles. The predicted molar refractivity (Wildman–Crippen MR) is 103 cm³/mol. The van der Waals surface area contributed by atoms with E-state index in [0.29, 0.717) is 36.8 Å². The highest BCUT2D eigenvalue weighted by Crippen LogP contribution is 2.15. The van der Waals surface area contributed by atoms with Crippen LogP contribution in [0, 0.1) is 0 Å². The first-order valence-corrected chi connectivity index (χ1v) is 9.07. The van der Waals surface area contributed by atoms with Gasteiger partial charge in [-0.05, 0) is 43.3 Å². The van der Waals surface area contributed by atoms with Crippen molar-refractivity contribution >= 4 is 29.1 Å². The lowest BCUT2D eigenvalue weighted by molar-refractivity contribution is -0.121. The first kappa shape index (κ1) is 18.4. The maximum atomic E-state index is 12.5. The van der Waals surface area contributed by atoms with Gasteiger partial charge in [0.2, 0.25) is 5.91 Å². The maximum Gasteiger partial charge on any atom is 0.253 e. The van der Waals surface area contributed by atoms with Crippen molar-refractivity contribution < 1.29 is 9.59 Å². The van der Waals surface area contributed by atoms with Gasteiger partial charge >= 0.3 is 0 Å². The van der Waals surface area contributed by atoms with Crippen molar-refractivity contribution in [3.8, 4) is 0 Å². The molecule has 26 heavy (non-hydrogen) atoms. The number of hydrogen-bond donors (Lipinski definition) is 1. The summed E-state index contributed by atoms with van der Waals surface area (Å²) in [5.74, 6) is -0.0151. The number of amides is 2. The van der Waals surface area contributed by atoms with E-state index in [0.717, 1.165) is 5.69 Å². The van der Waals surface area contributed by atoms with Crippen LogP contribution in [0.25, 0.3) is 0 Å². The van der Waals surface area contributed by atoms with E-state index in [1.165, 1.54) is 0 Å². The van der Waals surface area contributed by atoms with Crippen LogP contribution in [0.2, 0.25) is 5.02 Å². The molecule has 2 aromatic carbocycles. The van der Waals surface area contributed by atoms with E-state index in [1.807, 2.05) is 42.2 Å². The fourth-order valence-electron chi connectivity index (χ4n) is 3.02. The maximum absolute atomic E-state index is 12.5. The number of carbonyl (C=O) groups is 2. The second-order valence-corrected chi connectivity index (χ2v) is 6.80. The second kappa shape index (κ2) is 8.34. The minimum Gasteiger partial charge on any atom is -0.336 e. The number of nitrogens with one attached hydrogen (secondary N) is 1. The Labute approximate surface area is 158 Å². The monoisotopic (exact) mass is 371 g/mol. The smallest absolute Gasteiger partial charge is 0.253 e. The Bertz CT molecular complexity index is 756. The summed E-state index contributed by atoms with van der Waals surface area (Å²) in [5.41, 5.74) is 1.43. The number of nitrogens with zero attached hydrogens (tertiary/aromatic N) is 2. The summed E-state index contributed by atoms with van der Waals surface area (Å²) in [7, 11) is 0. The molecule has 1 saturated heterocycles. The molecule has 2 aromatic rings. The molecule has 1 atom stereocenters. The zero-order valence-electron chi connectivity index (χ0n) is 14.7. The molecule has 0 spiro atoms. The van der Waals surface area contributed by atoms with Gasteiger partial charge in [0, 0.05) is 42.5 Å². The summed E-state index contributed by atoms with van der Waals surface area (Å²) < 4.78 is 0. The molecule has 0 bridgehead atoms. The van der Waals surface area contributed by atoms with Gasteiger partial charge in [-0.1, -0.05) is 29.8 Å². The van der Waals surface area contributed by atoms with E-state index in [4.69, 9.17) is 11.6 Å². The van der Waals surface area contributed by atoms with E-state index in [1.54, 1.807) is 24.3 Å². The van der Waals surface area contributed by atoms with Crippen LogP contribution in [0.5, 0.6) is 0 Å². The lowest BCUT2D eigenvalue weighted by Crippen LogP contribution is -2.54. The Morgan fingerprint density at radius 1 is 0.962 bits per heavy atom. The summed E-state index contributed by atoms with van der Waals surface area (Å²) in [5, 5.41) is 3.54. The standard InChI is InChI=1S/C20H22ClN3O2/c1-15(19(25)22-18-9-7-17(21)8-10-18)23-11-13-24(14-12-23)20(26)16-5-3-2-4-6-16/h2-10,15H,11-14H2,1H3,(H,22,25). The average molecular weight is 372 g/mol. The number of rotatable bonds is 4. The van der Waals surface area contributed by atoms with Crippen molar-refractivity contribution in [2.75, 3.05) is 31.5 Å². The highest BCUT2D eigenvalue weighted by Gasteiger charge is 2.27. The number of halogens is 1. The minimum absolute atomic E-state index is 0.0449. The lowest BCUT2D eigenvalue weighted by atomic mass is 10.1. The summed E-state index contributed by atoms with van der Waals surface area (Å²) in [4.78, 5) is 28.9. The molecule has 0 radical (unpaired) electrons. The van der Waals surface area contributed by atoms with E-state index in [-0.39, 0.29) is 17.9 Å². The summed E-state index contributed by atoms with van der Waals surface area (Å²) >= 11 is 5.86. The van der Waals surface area contributed by atoms with Gasteiger partial charge in [-0.15, -0.1) is 0 Å². The predicted octanol–water partition coefficient (Wildman–Crippen LogP) is 3.13. The van der Waals surface area contributed by atoms with Crippen molar-refractivity contribution in [1.29, 1.82) is 0 Å². The molecular weight excluding hydrogens is 350 g/mol. The first-order valence-electron chi connectivity index (χ1n) is 8.69. The molecule has 6 heteroatoms. The summed E-state index contributed by atoms with van der Waals surface area (Å²) in [6.07, 6.45) is 0. The van der Waals surface area contributed by atoms with Crippen molar-refractivity contribution in [2.45, 2.75) is 13.0 Å². The van der Waals surface area contributed by atoms with Gasteiger partial charge in [0.25, 0.3) is 5.91 Å². The van der Waals surface area contributed by atoms with Crippen molar-refractivity contribution in [3.63, 3.8) is 0 Å². The molecule has 1 unspecified atom stereocenters. The quantitative estimate of drug-likeness (QED) is 0.898. The van der Waals surface area contributed by atoms with Gasteiger partial charge < -0.3 is 10.2 Å². The number of carbonyl (C=O) groups excluding carboxylic acids is 2. The lowest BCUT2D eigenvalue weighted by Gasteiger charge is -2.37. The minimum atomic E-state index is -0.264. The van der Waals surface area contributed by atoms with E-state index in [2.05, 4.69) is 10.2 Å². The molecule has 1 N–H and O–H groups in total. The van der Waals surface area contributed by atoms with Crippen LogP contribution in [0.15, 0.2) is 54.6 Å². The van der Waals surface area contributed by atoms with E-state index < -0.39 is 0 Å². The Hall–Kier alpha value is -2.37. The Morgan fingerprint density at radius 3 is 2.19 bits per heavy atom. The zero-order chi connectivity index (χ0) is 18.5. The Balaban J connectivity index is 1.53. The fraction of sp³-hybridized carbons (Fsp3) is 0.300. The van der Waals surface area contributed by atoms with Crippen LogP contribution >= 0.6 is 11.6 Å². The van der Waals surface area contributed by atoms with Crippen LogP contribution in [-0.4, -0.2) is 53.8 Å². The Morgan fingerprint density at radius 2 is 1.58 bits per heavy atom.